The fourth-order valence-corrected chi connectivity index (χ4v) is 3.01. The number of hydrogen-bond acceptors (Lipinski definition) is 3. The minimum atomic E-state index is -0.0638. The van der Waals surface area contributed by atoms with Gasteiger partial charge in [-0.05, 0) is 18.4 Å². The van der Waals surface area contributed by atoms with Gasteiger partial charge in [0.25, 0.3) is 5.91 Å². The molecule has 1 saturated heterocycles. The molecule has 0 radical (unpaired) electrons. The molecule has 1 aliphatic heterocycles. The monoisotopic (exact) mass is 313 g/mol. The molecule has 122 valence electrons. The van der Waals surface area contributed by atoms with Gasteiger partial charge >= 0.3 is 0 Å². The maximum Gasteiger partial charge on any atom is 0.254 e. The van der Waals surface area contributed by atoms with Gasteiger partial charge < -0.3 is 10.1 Å². The Kier molecular flexibility index (Phi) is 5.08. The summed E-state index contributed by atoms with van der Waals surface area (Å²) in [7, 11) is 0. The third-order valence-electron chi connectivity index (χ3n) is 4.22. The highest BCUT2D eigenvalue weighted by Crippen LogP contribution is 2.33. The fraction of sp³-hybridized carbons (Fsp3) is 0.444. The molecule has 2 aromatic rings. The van der Waals surface area contributed by atoms with Gasteiger partial charge in [0.15, 0.2) is 0 Å². The molecule has 1 aliphatic rings. The van der Waals surface area contributed by atoms with E-state index in [4.69, 9.17) is 4.74 Å². The lowest BCUT2D eigenvalue weighted by atomic mass is 9.95. The van der Waals surface area contributed by atoms with Gasteiger partial charge in [-0.25, -0.2) is 0 Å². The summed E-state index contributed by atoms with van der Waals surface area (Å²) in [6.07, 6.45) is 5.47. The number of carbonyl (C=O) groups is 1. The van der Waals surface area contributed by atoms with Gasteiger partial charge in [-0.15, -0.1) is 0 Å². The zero-order valence-corrected chi connectivity index (χ0v) is 13.4. The predicted octanol–water partition coefficient (Wildman–Crippen LogP) is 2.80. The zero-order chi connectivity index (χ0) is 16.1. The highest BCUT2D eigenvalue weighted by atomic mass is 16.5. The molecule has 1 fully saturated rings. The molecule has 1 N–H and O–H groups in total. The van der Waals surface area contributed by atoms with E-state index in [1.807, 2.05) is 18.2 Å². The minimum absolute atomic E-state index is 0.0638. The predicted molar refractivity (Wildman–Crippen MR) is 88.1 cm³/mol. The molecule has 0 bridgehead atoms. The van der Waals surface area contributed by atoms with E-state index in [1.165, 1.54) is 5.56 Å². The lowest BCUT2D eigenvalue weighted by Gasteiger charge is -2.19. The van der Waals surface area contributed by atoms with Crippen molar-refractivity contribution in [3.63, 3.8) is 0 Å². The van der Waals surface area contributed by atoms with Crippen LogP contribution in [-0.4, -0.2) is 28.8 Å². The van der Waals surface area contributed by atoms with Crippen LogP contribution in [0.1, 0.15) is 41.8 Å². The van der Waals surface area contributed by atoms with Crippen LogP contribution in [-0.2, 0) is 11.3 Å². The van der Waals surface area contributed by atoms with Crippen LogP contribution >= 0.6 is 0 Å². The third-order valence-corrected chi connectivity index (χ3v) is 4.22. The summed E-state index contributed by atoms with van der Waals surface area (Å²) in [4.78, 5) is 12.3. The van der Waals surface area contributed by atoms with E-state index >= 15 is 0 Å². The summed E-state index contributed by atoms with van der Waals surface area (Å²) in [5.74, 6) is 0.248. The Balaban J connectivity index is 1.57. The topological polar surface area (TPSA) is 56.2 Å². The number of rotatable bonds is 6. The van der Waals surface area contributed by atoms with Crippen molar-refractivity contribution in [3.8, 4) is 0 Å². The second-order valence-electron chi connectivity index (χ2n) is 5.95. The molecule has 1 aromatic carbocycles. The van der Waals surface area contributed by atoms with Crippen LogP contribution in [0.15, 0.2) is 42.7 Å². The Morgan fingerprint density at radius 2 is 2.22 bits per heavy atom. The smallest absolute Gasteiger partial charge is 0.254 e. The minimum Gasteiger partial charge on any atom is -0.373 e. The van der Waals surface area contributed by atoms with Crippen LogP contribution in [0.5, 0.6) is 0 Å². The average molecular weight is 313 g/mol. The molecule has 1 amide bonds. The van der Waals surface area contributed by atoms with E-state index in [1.54, 1.807) is 17.1 Å². The van der Waals surface area contributed by atoms with Crippen molar-refractivity contribution in [2.75, 3.05) is 13.2 Å². The Labute approximate surface area is 136 Å². The maximum atomic E-state index is 12.3. The number of nitrogens with one attached hydrogen (secondary N) is 1. The molecular formula is C18H23N3O2. The maximum absolute atomic E-state index is 12.3. The van der Waals surface area contributed by atoms with Crippen LogP contribution in [0.25, 0.3) is 0 Å². The largest absolute Gasteiger partial charge is 0.373 e. The molecule has 0 spiro atoms. The first-order chi connectivity index (χ1) is 11.3. The highest BCUT2D eigenvalue weighted by Gasteiger charge is 2.29. The number of nitrogens with zero attached hydrogens (tertiary/aromatic N) is 2. The summed E-state index contributed by atoms with van der Waals surface area (Å²) in [6.45, 7) is 4.29. The summed E-state index contributed by atoms with van der Waals surface area (Å²) in [6, 6.07) is 10.2. The molecule has 0 aliphatic carbocycles. The summed E-state index contributed by atoms with van der Waals surface area (Å²) in [5, 5.41) is 7.22. The first-order valence-electron chi connectivity index (χ1n) is 8.25. The summed E-state index contributed by atoms with van der Waals surface area (Å²) < 4.78 is 7.66. The first kappa shape index (κ1) is 15.7. The molecule has 5 nitrogen and oxygen atoms in total. The van der Waals surface area contributed by atoms with Crippen LogP contribution in [0.2, 0.25) is 0 Å². The number of ether oxygens (including phenoxy) is 1. The van der Waals surface area contributed by atoms with Crippen molar-refractivity contribution in [2.45, 2.75) is 32.4 Å². The molecular weight excluding hydrogens is 290 g/mol. The summed E-state index contributed by atoms with van der Waals surface area (Å²) >= 11 is 0. The number of aromatic nitrogens is 2. The number of aryl methyl sites for hydroxylation is 1. The van der Waals surface area contributed by atoms with Crippen LogP contribution in [0, 0.1) is 5.92 Å². The van der Waals surface area contributed by atoms with Crippen molar-refractivity contribution in [2.24, 2.45) is 5.92 Å². The molecule has 3 rings (SSSR count). The highest BCUT2D eigenvalue weighted by molar-refractivity contribution is 5.93. The normalized spacial score (nSPS) is 20.6. The van der Waals surface area contributed by atoms with Crippen LogP contribution in [0.3, 0.4) is 0 Å². The van der Waals surface area contributed by atoms with E-state index in [-0.39, 0.29) is 12.0 Å². The Morgan fingerprint density at radius 1 is 1.39 bits per heavy atom. The van der Waals surface area contributed by atoms with E-state index in [9.17, 15) is 4.79 Å². The standard InChI is InChI=1S/C18H23N3O2/c1-2-9-21-13-16(12-20-21)18(22)19-11-15-8-10-23-17(15)14-6-4-3-5-7-14/h3-7,12-13,15,17H,2,8-11H2,1H3,(H,19,22)/t15-,17-/m1/s1. The van der Waals surface area contributed by atoms with Gasteiger partial charge in [0.1, 0.15) is 0 Å². The van der Waals surface area contributed by atoms with Gasteiger partial charge in [-0.3, -0.25) is 9.48 Å². The molecule has 1 aromatic heterocycles. The van der Waals surface area contributed by atoms with E-state index < -0.39 is 0 Å². The molecule has 2 atom stereocenters. The fourth-order valence-electron chi connectivity index (χ4n) is 3.01. The molecule has 2 heterocycles. The summed E-state index contributed by atoms with van der Waals surface area (Å²) in [5.41, 5.74) is 1.80. The molecule has 0 saturated carbocycles. The molecule has 5 heteroatoms. The van der Waals surface area contributed by atoms with Gasteiger partial charge in [0, 0.05) is 31.8 Å². The Bertz CT molecular complexity index is 639. The van der Waals surface area contributed by atoms with E-state index in [0.29, 0.717) is 18.0 Å². The number of amides is 1. The number of carbonyl (C=O) groups excluding carboxylic acids is 1. The quantitative estimate of drug-likeness (QED) is 0.892. The third kappa shape index (κ3) is 3.79. The van der Waals surface area contributed by atoms with Crippen molar-refractivity contribution in [1.29, 1.82) is 0 Å². The first-order valence-corrected chi connectivity index (χ1v) is 8.25. The Hall–Kier alpha value is -2.14. The van der Waals surface area contributed by atoms with E-state index in [2.05, 4.69) is 29.5 Å². The van der Waals surface area contributed by atoms with Gasteiger partial charge in [-0.2, -0.15) is 5.10 Å². The molecule has 23 heavy (non-hydrogen) atoms. The lowest BCUT2D eigenvalue weighted by Crippen LogP contribution is -2.30. The number of hydrogen-bond donors (Lipinski definition) is 1. The van der Waals surface area contributed by atoms with E-state index in [0.717, 1.165) is 26.0 Å². The SMILES string of the molecule is CCCn1cc(C(=O)NC[C@H]2CCO[C@@H]2c2ccccc2)cn1. The van der Waals surface area contributed by atoms with Crippen molar-refractivity contribution in [1.82, 2.24) is 15.1 Å². The van der Waals surface area contributed by atoms with Gasteiger partial charge in [-0.1, -0.05) is 37.3 Å². The van der Waals surface area contributed by atoms with Crippen molar-refractivity contribution in [3.05, 3.63) is 53.9 Å². The van der Waals surface area contributed by atoms with Crippen molar-refractivity contribution >= 4 is 5.91 Å². The molecule has 0 unspecified atom stereocenters. The lowest BCUT2D eigenvalue weighted by molar-refractivity contribution is 0.0846. The van der Waals surface area contributed by atoms with Gasteiger partial charge in [0.05, 0.1) is 17.9 Å². The second-order valence-corrected chi connectivity index (χ2v) is 5.95. The van der Waals surface area contributed by atoms with Gasteiger partial charge in [0.2, 0.25) is 0 Å². The average Bonchev–Trinajstić information content (AvgIpc) is 3.23. The number of benzene rings is 1. The Morgan fingerprint density at radius 3 is 3.00 bits per heavy atom. The second kappa shape index (κ2) is 7.42. The van der Waals surface area contributed by atoms with Crippen LogP contribution < -0.4 is 5.32 Å². The van der Waals surface area contributed by atoms with Crippen LogP contribution in [0.4, 0.5) is 0 Å². The zero-order valence-electron chi connectivity index (χ0n) is 13.4. The van der Waals surface area contributed by atoms with Crippen molar-refractivity contribution < 1.29 is 9.53 Å².